The van der Waals surface area contributed by atoms with Gasteiger partial charge in [0.05, 0.1) is 13.0 Å². The Hall–Kier alpha value is -0.570. The minimum absolute atomic E-state index is 0.0950. The van der Waals surface area contributed by atoms with E-state index in [-0.39, 0.29) is 23.3 Å². The minimum Gasteiger partial charge on any atom is -0.469 e. The van der Waals surface area contributed by atoms with Gasteiger partial charge in [-0.25, -0.2) is 0 Å². The van der Waals surface area contributed by atoms with E-state index in [1.807, 2.05) is 13.8 Å². The Labute approximate surface area is 87.2 Å². The first-order valence-corrected chi connectivity index (χ1v) is 5.09. The van der Waals surface area contributed by atoms with E-state index in [1.54, 1.807) is 0 Å². The van der Waals surface area contributed by atoms with Gasteiger partial charge in [0.2, 0.25) is 0 Å². The van der Waals surface area contributed by atoms with Gasteiger partial charge in [0.1, 0.15) is 0 Å². The van der Waals surface area contributed by atoms with Crippen LogP contribution in [0, 0.1) is 11.3 Å². The van der Waals surface area contributed by atoms with Crippen LogP contribution < -0.4 is 5.32 Å². The summed E-state index contributed by atoms with van der Waals surface area (Å²) in [4.78, 5) is 11.2. The Morgan fingerprint density at radius 2 is 1.86 bits per heavy atom. The predicted molar refractivity (Wildman–Crippen MR) is 58.1 cm³/mol. The fourth-order valence-corrected chi connectivity index (χ4v) is 1.03. The molecule has 0 aromatic heterocycles. The molecule has 14 heavy (non-hydrogen) atoms. The lowest BCUT2D eigenvalue weighted by molar-refractivity contribution is -0.145. The van der Waals surface area contributed by atoms with Crippen LogP contribution in [0.4, 0.5) is 0 Å². The van der Waals surface area contributed by atoms with Gasteiger partial charge in [-0.1, -0.05) is 27.7 Å². The molecule has 0 aliphatic carbocycles. The van der Waals surface area contributed by atoms with Gasteiger partial charge in [0, 0.05) is 12.6 Å². The van der Waals surface area contributed by atoms with E-state index in [4.69, 9.17) is 0 Å². The van der Waals surface area contributed by atoms with Crippen molar-refractivity contribution in [2.45, 2.75) is 40.7 Å². The molecule has 0 aliphatic rings. The molecule has 0 spiro atoms. The van der Waals surface area contributed by atoms with Gasteiger partial charge in [-0.3, -0.25) is 4.79 Å². The van der Waals surface area contributed by atoms with Crippen LogP contribution in [0.15, 0.2) is 0 Å². The summed E-state index contributed by atoms with van der Waals surface area (Å²) < 4.78 is 4.69. The second-order valence-corrected chi connectivity index (χ2v) is 5.04. The average Bonchev–Trinajstić information content (AvgIpc) is 2.10. The average molecular weight is 201 g/mol. The summed E-state index contributed by atoms with van der Waals surface area (Å²) >= 11 is 0. The van der Waals surface area contributed by atoms with E-state index in [1.165, 1.54) is 7.11 Å². The van der Waals surface area contributed by atoms with Crippen LogP contribution in [0.3, 0.4) is 0 Å². The van der Waals surface area contributed by atoms with Crippen LogP contribution >= 0.6 is 0 Å². The van der Waals surface area contributed by atoms with Crippen molar-refractivity contribution in [2.24, 2.45) is 11.3 Å². The van der Waals surface area contributed by atoms with E-state index in [0.717, 1.165) is 6.54 Å². The molecule has 0 bridgehead atoms. The third kappa shape index (κ3) is 5.22. The van der Waals surface area contributed by atoms with Crippen LogP contribution in [0.25, 0.3) is 0 Å². The van der Waals surface area contributed by atoms with Gasteiger partial charge in [-0.2, -0.15) is 0 Å². The third-order valence-electron chi connectivity index (χ3n) is 2.28. The highest BCUT2D eigenvalue weighted by Crippen LogP contribution is 2.12. The van der Waals surface area contributed by atoms with Crippen molar-refractivity contribution in [2.75, 3.05) is 13.7 Å². The monoisotopic (exact) mass is 201 g/mol. The third-order valence-corrected chi connectivity index (χ3v) is 2.28. The molecule has 84 valence electrons. The largest absolute Gasteiger partial charge is 0.469 e. The van der Waals surface area contributed by atoms with E-state index in [2.05, 4.69) is 30.8 Å². The van der Waals surface area contributed by atoms with Crippen LogP contribution in [-0.4, -0.2) is 25.7 Å². The highest BCUT2D eigenvalue weighted by atomic mass is 16.5. The van der Waals surface area contributed by atoms with Crippen molar-refractivity contribution in [3.05, 3.63) is 0 Å². The first-order chi connectivity index (χ1) is 6.28. The maximum atomic E-state index is 11.2. The molecule has 0 heterocycles. The number of methoxy groups -OCH3 is 1. The van der Waals surface area contributed by atoms with Crippen molar-refractivity contribution < 1.29 is 9.53 Å². The number of rotatable bonds is 4. The Morgan fingerprint density at radius 1 is 1.36 bits per heavy atom. The molecular formula is C11H23NO2. The second-order valence-electron chi connectivity index (χ2n) is 5.04. The lowest BCUT2D eigenvalue weighted by Crippen LogP contribution is -2.40. The highest BCUT2D eigenvalue weighted by Gasteiger charge is 2.21. The molecular weight excluding hydrogens is 178 g/mol. The van der Waals surface area contributed by atoms with Gasteiger partial charge in [0.25, 0.3) is 0 Å². The van der Waals surface area contributed by atoms with Gasteiger partial charge < -0.3 is 10.1 Å². The molecule has 0 aromatic carbocycles. The van der Waals surface area contributed by atoms with Gasteiger partial charge in [-0.05, 0) is 12.3 Å². The molecule has 0 saturated heterocycles. The zero-order chi connectivity index (χ0) is 11.4. The van der Waals surface area contributed by atoms with Crippen LogP contribution in [0.2, 0.25) is 0 Å². The molecule has 0 saturated carbocycles. The van der Waals surface area contributed by atoms with Gasteiger partial charge in [0.15, 0.2) is 0 Å². The maximum absolute atomic E-state index is 11.2. The van der Waals surface area contributed by atoms with Crippen molar-refractivity contribution >= 4 is 5.97 Å². The van der Waals surface area contributed by atoms with Crippen molar-refractivity contribution in [1.29, 1.82) is 0 Å². The van der Waals surface area contributed by atoms with Crippen molar-refractivity contribution in [1.82, 2.24) is 5.32 Å². The van der Waals surface area contributed by atoms with Crippen molar-refractivity contribution in [3.63, 3.8) is 0 Å². The Balaban J connectivity index is 3.96. The Bertz CT molecular complexity index is 184. The van der Waals surface area contributed by atoms with E-state index >= 15 is 0 Å². The zero-order valence-corrected chi connectivity index (χ0v) is 10.2. The van der Waals surface area contributed by atoms with Gasteiger partial charge >= 0.3 is 5.97 Å². The molecule has 3 heteroatoms. The fourth-order valence-electron chi connectivity index (χ4n) is 1.03. The van der Waals surface area contributed by atoms with E-state index in [9.17, 15) is 4.79 Å². The summed E-state index contributed by atoms with van der Waals surface area (Å²) in [6.45, 7) is 11.3. The number of carbonyl (C=O) groups is 1. The topological polar surface area (TPSA) is 38.3 Å². The summed E-state index contributed by atoms with van der Waals surface area (Å²) in [6, 6.07) is 0.154. The Kier molecular flexibility index (Phi) is 5.13. The molecule has 0 rings (SSSR count). The summed E-state index contributed by atoms with van der Waals surface area (Å²) in [7, 11) is 1.43. The highest BCUT2D eigenvalue weighted by molar-refractivity contribution is 5.72. The maximum Gasteiger partial charge on any atom is 0.309 e. The van der Waals surface area contributed by atoms with Gasteiger partial charge in [-0.15, -0.1) is 0 Å². The number of esters is 1. The number of hydrogen-bond acceptors (Lipinski definition) is 3. The quantitative estimate of drug-likeness (QED) is 0.705. The van der Waals surface area contributed by atoms with Crippen LogP contribution in [0.5, 0.6) is 0 Å². The van der Waals surface area contributed by atoms with E-state index in [0.29, 0.717) is 0 Å². The lowest BCUT2D eigenvalue weighted by atomic mass is 9.95. The first-order valence-electron chi connectivity index (χ1n) is 5.09. The molecule has 0 amide bonds. The molecule has 2 atom stereocenters. The molecule has 3 nitrogen and oxygen atoms in total. The minimum atomic E-state index is -0.154. The molecule has 0 fully saturated rings. The number of nitrogens with one attached hydrogen (secondary N) is 1. The normalized spacial score (nSPS) is 16.1. The fraction of sp³-hybridized carbons (Fsp3) is 0.909. The molecule has 0 radical (unpaired) electrons. The molecule has 0 aromatic rings. The summed E-state index contributed by atoms with van der Waals surface area (Å²) in [5.74, 6) is -0.249. The summed E-state index contributed by atoms with van der Waals surface area (Å²) in [6.07, 6.45) is 0. The van der Waals surface area contributed by atoms with E-state index < -0.39 is 0 Å². The number of hydrogen-bond donors (Lipinski definition) is 1. The van der Waals surface area contributed by atoms with Crippen LogP contribution in [-0.2, 0) is 9.53 Å². The van der Waals surface area contributed by atoms with Crippen molar-refractivity contribution in [3.8, 4) is 0 Å². The molecule has 1 N–H and O–H groups in total. The standard InChI is InChI=1S/C11H23NO2/c1-8(10(13)14-6)9(2)12-7-11(3,4)5/h8-9,12H,7H2,1-6H3. The Morgan fingerprint density at radius 3 is 2.21 bits per heavy atom. The van der Waals surface area contributed by atoms with Crippen LogP contribution in [0.1, 0.15) is 34.6 Å². The number of ether oxygens (including phenoxy) is 1. The predicted octanol–water partition coefficient (Wildman–Crippen LogP) is 1.82. The SMILES string of the molecule is COC(=O)C(C)C(C)NCC(C)(C)C. The second kappa shape index (κ2) is 5.35. The molecule has 0 aliphatic heterocycles. The molecule has 2 unspecified atom stereocenters. The lowest BCUT2D eigenvalue weighted by Gasteiger charge is -2.25. The zero-order valence-electron chi connectivity index (χ0n) is 10.2. The summed E-state index contributed by atoms with van der Waals surface area (Å²) in [5.41, 5.74) is 0.240. The summed E-state index contributed by atoms with van der Waals surface area (Å²) in [5, 5.41) is 3.34. The smallest absolute Gasteiger partial charge is 0.309 e. The number of carbonyl (C=O) groups excluding carboxylic acids is 1. The first kappa shape index (κ1) is 13.4.